The summed E-state index contributed by atoms with van der Waals surface area (Å²) in [5.74, 6) is 0.658. The molecule has 1 aromatic carbocycles. The number of aromatic nitrogens is 2. The van der Waals surface area contributed by atoms with E-state index in [0.29, 0.717) is 43.5 Å². The molecule has 1 saturated heterocycles. The molecule has 1 aromatic heterocycles. The average Bonchev–Trinajstić information content (AvgIpc) is 2.68. The minimum Gasteiger partial charge on any atom is -0.338 e. The Kier molecular flexibility index (Phi) is 4.27. The first kappa shape index (κ1) is 16.2. The number of anilines is 1. The summed E-state index contributed by atoms with van der Waals surface area (Å²) in [6, 6.07) is 9.76. The van der Waals surface area contributed by atoms with E-state index < -0.39 is 10.0 Å². The molecule has 0 radical (unpaired) electrons. The van der Waals surface area contributed by atoms with Gasteiger partial charge in [0.2, 0.25) is 16.0 Å². The number of hydrogen-bond acceptors (Lipinski definition) is 5. The van der Waals surface area contributed by atoms with Crippen LogP contribution in [-0.2, 0) is 16.4 Å². The zero-order chi connectivity index (χ0) is 17.3. The maximum absolute atomic E-state index is 13.0. The van der Waals surface area contributed by atoms with Crippen molar-refractivity contribution in [3.8, 4) is 0 Å². The molecule has 1 fully saturated rings. The summed E-state index contributed by atoms with van der Waals surface area (Å²) < 4.78 is 27.6. The molecule has 7 heteroatoms. The monoisotopic (exact) mass is 356 g/mol. The second-order valence-electron chi connectivity index (χ2n) is 6.25. The molecule has 0 spiro atoms. The van der Waals surface area contributed by atoms with E-state index in [-0.39, 0.29) is 0 Å². The molecule has 6 nitrogen and oxygen atoms in total. The molecule has 0 bridgehead atoms. The number of piperazine rings is 1. The van der Waals surface area contributed by atoms with Crippen molar-refractivity contribution in [3.05, 3.63) is 58.8 Å². The molecule has 25 heavy (non-hydrogen) atoms. The van der Waals surface area contributed by atoms with Crippen LogP contribution in [0, 0.1) is 0 Å². The van der Waals surface area contributed by atoms with Crippen LogP contribution in [0.1, 0.15) is 17.5 Å². The van der Waals surface area contributed by atoms with E-state index in [4.69, 9.17) is 0 Å². The van der Waals surface area contributed by atoms with Crippen LogP contribution in [-0.4, -0.2) is 48.9 Å². The van der Waals surface area contributed by atoms with E-state index >= 15 is 0 Å². The molecule has 2 heterocycles. The van der Waals surface area contributed by atoms with Crippen molar-refractivity contribution in [2.45, 2.75) is 12.8 Å². The molecule has 2 aromatic rings. The Morgan fingerprint density at radius 1 is 0.880 bits per heavy atom. The van der Waals surface area contributed by atoms with Gasteiger partial charge in [-0.25, -0.2) is 18.4 Å². The quantitative estimate of drug-likeness (QED) is 0.840. The van der Waals surface area contributed by atoms with Gasteiger partial charge in [-0.2, -0.15) is 4.31 Å². The Labute approximate surface area is 147 Å². The van der Waals surface area contributed by atoms with Gasteiger partial charge in [0.05, 0.1) is 4.91 Å². The summed E-state index contributed by atoms with van der Waals surface area (Å²) in [7, 11) is -3.41. The van der Waals surface area contributed by atoms with Gasteiger partial charge >= 0.3 is 0 Å². The highest BCUT2D eigenvalue weighted by Crippen LogP contribution is 2.29. The van der Waals surface area contributed by atoms with Crippen LogP contribution in [0.4, 0.5) is 5.95 Å². The lowest BCUT2D eigenvalue weighted by Crippen LogP contribution is -2.49. The number of allylic oxidation sites excluding steroid dienone is 1. The lowest BCUT2D eigenvalue weighted by Gasteiger charge is -2.34. The highest BCUT2D eigenvalue weighted by Gasteiger charge is 2.31. The van der Waals surface area contributed by atoms with Crippen molar-refractivity contribution >= 4 is 22.0 Å². The highest BCUT2D eigenvalue weighted by atomic mass is 32.2. The van der Waals surface area contributed by atoms with Crippen LogP contribution in [0.3, 0.4) is 0 Å². The van der Waals surface area contributed by atoms with E-state index in [1.165, 1.54) is 5.56 Å². The van der Waals surface area contributed by atoms with Crippen LogP contribution in [0.5, 0.6) is 0 Å². The fraction of sp³-hybridized carbons (Fsp3) is 0.333. The molecule has 0 atom stereocenters. The predicted molar refractivity (Wildman–Crippen MR) is 97.5 cm³/mol. The Morgan fingerprint density at radius 3 is 2.36 bits per heavy atom. The first-order valence-electron chi connectivity index (χ1n) is 8.45. The molecular formula is C18H20N4O2S. The van der Waals surface area contributed by atoms with Gasteiger partial charge < -0.3 is 4.90 Å². The molecule has 0 unspecified atom stereocenters. The summed E-state index contributed by atoms with van der Waals surface area (Å²) in [6.45, 7) is 2.12. The van der Waals surface area contributed by atoms with E-state index in [9.17, 15) is 8.42 Å². The second kappa shape index (κ2) is 6.57. The van der Waals surface area contributed by atoms with Crippen molar-refractivity contribution in [1.82, 2.24) is 14.3 Å². The third kappa shape index (κ3) is 3.17. The predicted octanol–water partition coefficient (Wildman–Crippen LogP) is 1.92. The summed E-state index contributed by atoms with van der Waals surface area (Å²) in [5.41, 5.74) is 2.23. The van der Waals surface area contributed by atoms with Gasteiger partial charge in [-0.05, 0) is 36.1 Å². The molecule has 1 aliphatic heterocycles. The van der Waals surface area contributed by atoms with E-state index in [2.05, 4.69) is 16.0 Å². The zero-order valence-electron chi connectivity index (χ0n) is 13.9. The molecule has 2 aliphatic rings. The van der Waals surface area contributed by atoms with Crippen molar-refractivity contribution in [2.24, 2.45) is 0 Å². The van der Waals surface area contributed by atoms with Crippen LogP contribution < -0.4 is 4.90 Å². The van der Waals surface area contributed by atoms with Gasteiger partial charge in [0.25, 0.3) is 0 Å². The second-order valence-corrected chi connectivity index (χ2v) is 8.24. The number of benzene rings is 1. The number of rotatable bonds is 3. The van der Waals surface area contributed by atoms with Gasteiger partial charge in [-0.3, -0.25) is 0 Å². The van der Waals surface area contributed by atoms with Crippen LogP contribution in [0.25, 0.3) is 6.08 Å². The molecule has 0 N–H and O–H groups in total. The Morgan fingerprint density at radius 2 is 1.60 bits per heavy atom. The van der Waals surface area contributed by atoms with Crippen molar-refractivity contribution in [3.63, 3.8) is 0 Å². The number of fused-ring (bicyclic) bond motifs is 1. The fourth-order valence-corrected chi connectivity index (χ4v) is 4.97. The smallest absolute Gasteiger partial charge is 0.239 e. The fourth-order valence-electron chi connectivity index (χ4n) is 3.36. The van der Waals surface area contributed by atoms with E-state index in [1.54, 1.807) is 22.8 Å². The van der Waals surface area contributed by atoms with Crippen LogP contribution in [0.15, 0.2) is 47.6 Å². The summed E-state index contributed by atoms with van der Waals surface area (Å²) in [5, 5.41) is 0. The standard InChI is InChI=1S/C18H20N4O2S/c23-25(24,17-7-6-15-4-1-2-5-16(15)14-17)22-12-10-21(11-13-22)18-19-8-3-9-20-18/h1-5,8-9,14H,6-7,10-13H2. The normalized spacial score (nSPS) is 18.6. The van der Waals surface area contributed by atoms with Gasteiger partial charge in [0, 0.05) is 38.6 Å². The minimum atomic E-state index is -3.41. The highest BCUT2D eigenvalue weighted by molar-refractivity contribution is 7.93. The molecule has 1 aliphatic carbocycles. The average molecular weight is 356 g/mol. The van der Waals surface area contributed by atoms with Crippen molar-refractivity contribution in [2.75, 3.05) is 31.1 Å². The molecule has 130 valence electrons. The summed E-state index contributed by atoms with van der Waals surface area (Å²) >= 11 is 0. The van der Waals surface area contributed by atoms with Crippen molar-refractivity contribution in [1.29, 1.82) is 0 Å². The van der Waals surface area contributed by atoms with Gasteiger partial charge in [0.1, 0.15) is 0 Å². The topological polar surface area (TPSA) is 66.4 Å². The Bertz CT molecular complexity index is 888. The van der Waals surface area contributed by atoms with E-state index in [0.717, 1.165) is 12.0 Å². The number of aryl methyl sites for hydroxylation is 1. The Balaban J connectivity index is 1.50. The maximum Gasteiger partial charge on any atom is 0.239 e. The molecule has 0 saturated carbocycles. The van der Waals surface area contributed by atoms with Gasteiger partial charge in [-0.1, -0.05) is 24.3 Å². The molecule has 4 rings (SSSR count). The van der Waals surface area contributed by atoms with Gasteiger partial charge in [0.15, 0.2) is 0 Å². The van der Waals surface area contributed by atoms with Gasteiger partial charge in [-0.15, -0.1) is 0 Å². The number of hydrogen-bond donors (Lipinski definition) is 0. The number of sulfonamides is 1. The SMILES string of the molecule is O=S(=O)(C1=Cc2ccccc2CC1)N1CCN(c2ncccn2)CC1. The van der Waals surface area contributed by atoms with Crippen LogP contribution >= 0.6 is 0 Å². The summed E-state index contributed by atoms with van der Waals surface area (Å²) in [4.78, 5) is 11.0. The maximum atomic E-state index is 13.0. The van der Waals surface area contributed by atoms with Crippen molar-refractivity contribution < 1.29 is 8.42 Å². The van der Waals surface area contributed by atoms with E-state index in [1.807, 2.05) is 29.2 Å². The third-order valence-corrected chi connectivity index (χ3v) is 6.79. The summed E-state index contributed by atoms with van der Waals surface area (Å²) in [6.07, 6.45) is 6.59. The molecular weight excluding hydrogens is 336 g/mol. The number of nitrogens with zero attached hydrogens (tertiary/aromatic N) is 4. The first-order chi connectivity index (χ1) is 12.1. The largest absolute Gasteiger partial charge is 0.338 e. The van der Waals surface area contributed by atoms with Crippen LogP contribution in [0.2, 0.25) is 0 Å². The third-order valence-electron chi connectivity index (χ3n) is 4.76. The molecule has 0 amide bonds. The minimum absolute atomic E-state index is 0.458. The lowest BCUT2D eigenvalue weighted by atomic mass is 9.98. The zero-order valence-corrected chi connectivity index (χ0v) is 14.7. The Hall–Kier alpha value is -2.25. The first-order valence-corrected chi connectivity index (χ1v) is 9.89. The lowest BCUT2D eigenvalue weighted by molar-refractivity contribution is 0.385.